The van der Waals surface area contributed by atoms with Crippen LogP contribution in [0.15, 0.2) is 18.2 Å². The first-order valence-electron chi connectivity index (χ1n) is 5.95. The summed E-state index contributed by atoms with van der Waals surface area (Å²) in [5.74, 6) is 1.81. The molecule has 0 saturated carbocycles. The van der Waals surface area contributed by atoms with Gasteiger partial charge >= 0.3 is 0 Å². The molecule has 0 radical (unpaired) electrons. The van der Waals surface area contributed by atoms with Crippen LogP contribution in [-0.4, -0.2) is 27.3 Å². The van der Waals surface area contributed by atoms with Gasteiger partial charge in [0.15, 0.2) is 0 Å². The van der Waals surface area contributed by atoms with Crippen LogP contribution in [0, 0.1) is 0 Å². The van der Waals surface area contributed by atoms with Crippen molar-refractivity contribution in [3.05, 3.63) is 23.8 Å². The van der Waals surface area contributed by atoms with Crippen LogP contribution in [0.4, 0.5) is 0 Å². The second-order valence-corrected chi connectivity index (χ2v) is 5.06. The smallest absolute Gasteiger partial charge is 0.123 e. The van der Waals surface area contributed by atoms with Gasteiger partial charge in [-0.2, -0.15) is 0 Å². The average molecular weight is 237 g/mol. The van der Waals surface area contributed by atoms with E-state index in [-0.39, 0.29) is 5.41 Å². The molecule has 0 spiro atoms. The molecule has 0 fully saturated rings. The Morgan fingerprint density at radius 3 is 2.47 bits per heavy atom. The number of rotatable bonds is 5. The third-order valence-corrected chi connectivity index (χ3v) is 2.60. The zero-order valence-corrected chi connectivity index (χ0v) is 11.5. The van der Waals surface area contributed by atoms with Crippen LogP contribution in [0.2, 0.25) is 0 Å². The summed E-state index contributed by atoms with van der Waals surface area (Å²) in [4.78, 5) is 0. The van der Waals surface area contributed by atoms with Crippen LogP contribution < -0.4 is 14.8 Å². The first kappa shape index (κ1) is 13.8. The van der Waals surface area contributed by atoms with E-state index in [1.54, 1.807) is 7.11 Å². The summed E-state index contributed by atoms with van der Waals surface area (Å²) in [6.45, 7) is 8.04. The van der Waals surface area contributed by atoms with Gasteiger partial charge in [-0.05, 0) is 30.7 Å². The van der Waals surface area contributed by atoms with Gasteiger partial charge in [0, 0.05) is 12.1 Å². The number of nitrogens with one attached hydrogen (secondary N) is 1. The molecule has 1 N–H and O–H groups in total. The maximum Gasteiger partial charge on any atom is 0.123 e. The van der Waals surface area contributed by atoms with Gasteiger partial charge in [-0.25, -0.2) is 0 Å². The maximum atomic E-state index is 5.79. The highest BCUT2D eigenvalue weighted by molar-refractivity contribution is 5.44. The van der Waals surface area contributed by atoms with Crippen molar-refractivity contribution < 1.29 is 9.47 Å². The van der Waals surface area contributed by atoms with E-state index >= 15 is 0 Å². The predicted octanol–water partition coefficient (Wildman–Crippen LogP) is 2.59. The Bertz CT molecular complexity index is 356. The molecule has 0 saturated heterocycles. The lowest BCUT2D eigenvalue weighted by Crippen LogP contribution is -2.19. The van der Waals surface area contributed by atoms with E-state index < -0.39 is 0 Å². The van der Waals surface area contributed by atoms with Gasteiger partial charge < -0.3 is 14.8 Å². The number of hydrogen-bond donors (Lipinski definition) is 1. The third-order valence-electron chi connectivity index (χ3n) is 2.60. The second kappa shape index (κ2) is 5.92. The number of likely N-dealkylation sites (N-methyl/N-ethyl adjacent to an activating group) is 1. The molecule has 3 nitrogen and oxygen atoms in total. The number of benzene rings is 1. The van der Waals surface area contributed by atoms with Gasteiger partial charge in [0.1, 0.15) is 18.1 Å². The van der Waals surface area contributed by atoms with E-state index in [1.165, 1.54) is 5.56 Å². The van der Waals surface area contributed by atoms with Gasteiger partial charge in [0.2, 0.25) is 0 Å². The van der Waals surface area contributed by atoms with Crippen molar-refractivity contribution in [2.24, 2.45) is 0 Å². The number of hydrogen-bond acceptors (Lipinski definition) is 3. The Morgan fingerprint density at radius 2 is 1.94 bits per heavy atom. The minimum Gasteiger partial charge on any atom is -0.497 e. The molecule has 0 unspecified atom stereocenters. The molecule has 3 heteroatoms. The summed E-state index contributed by atoms with van der Waals surface area (Å²) < 4.78 is 11.0. The van der Waals surface area contributed by atoms with Crippen molar-refractivity contribution in [2.45, 2.75) is 26.2 Å². The van der Waals surface area contributed by atoms with E-state index in [9.17, 15) is 0 Å². The molecule has 0 atom stereocenters. The summed E-state index contributed by atoms with van der Waals surface area (Å²) in [7, 11) is 3.60. The lowest BCUT2D eigenvalue weighted by Gasteiger charge is -2.23. The van der Waals surface area contributed by atoms with Gasteiger partial charge in [-0.15, -0.1) is 0 Å². The lowest BCUT2D eigenvalue weighted by molar-refractivity contribution is 0.308. The molecule has 0 aliphatic carbocycles. The summed E-state index contributed by atoms with van der Waals surface area (Å²) in [6, 6.07) is 5.97. The first-order chi connectivity index (χ1) is 7.99. The third kappa shape index (κ3) is 3.93. The Hall–Kier alpha value is -1.22. The summed E-state index contributed by atoms with van der Waals surface area (Å²) in [6.07, 6.45) is 0. The lowest BCUT2D eigenvalue weighted by atomic mass is 9.86. The Labute approximate surface area is 104 Å². The Morgan fingerprint density at radius 1 is 1.24 bits per heavy atom. The highest BCUT2D eigenvalue weighted by atomic mass is 16.5. The first-order valence-corrected chi connectivity index (χ1v) is 5.95. The van der Waals surface area contributed by atoms with Crippen LogP contribution in [0.5, 0.6) is 11.5 Å². The van der Waals surface area contributed by atoms with Crippen molar-refractivity contribution in [1.29, 1.82) is 0 Å². The van der Waals surface area contributed by atoms with Crippen molar-refractivity contribution in [3.8, 4) is 11.5 Å². The molecule has 96 valence electrons. The van der Waals surface area contributed by atoms with Crippen molar-refractivity contribution in [1.82, 2.24) is 5.32 Å². The van der Waals surface area contributed by atoms with E-state index in [0.29, 0.717) is 6.61 Å². The molecule has 0 heterocycles. The van der Waals surface area contributed by atoms with Gasteiger partial charge in [-0.3, -0.25) is 0 Å². The minimum atomic E-state index is 0.0452. The van der Waals surface area contributed by atoms with Gasteiger partial charge in [0.25, 0.3) is 0 Å². The number of ether oxygens (including phenoxy) is 2. The van der Waals surface area contributed by atoms with Crippen LogP contribution in [0.3, 0.4) is 0 Å². The topological polar surface area (TPSA) is 30.5 Å². The highest BCUT2D eigenvalue weighted by Crippen LogP contribution is 2.34. The van der Waals surface area contributed by atoms with E-state index in [1.807, 2.05) is 19.2 Å². The van der Waals surface area contributed by atoms with Gasteiger partial charge in [0.05, 0.1) is 7.11 Å². The van der Waals surface area contributed by atoms with Crippen LogP contribution in [-0.2, 0) is 5.41 Å². The molecular weight excluding hydrogens is 214 g/mol. The van der Waals surface area contributed by atoms with Crippen LogP contribution >= 0.6 is 0 Å². The van der Waals surface area contributed by atoms with Crippen LogP contribution in [0.25, 0.3) is 0 Å². The quantitative estimate of drug-likeness (QED) is 0.798. The van der Waals surface area contributed by atoms with Crippen molar-refractivity contribution >= 4 is 0 Å². The zero-order chi connectivity index (χ0) is 12.9. The molecule has 0 bridgehead atoms. The highest BCUT2D eigenvalue weighted by Gasteiger charge is 2.19. The summed E-state index contributed by atoms with van der Waals surface area (Å²) in [5, 5.41) is 3.07. The standard InChI is InChI=1S/C14H23NO2/c1-14(2,3)12-10-11(16-5)6-7-13(12)17-9-8-15-4/h6-7,10,15H,8-9H2,1-5H3. The predicted molar refractivity (Wildman–Crippen MR) is 71.1 cm³/mol. The van der Waals surface area contributed by atoms with E-state index in [2.05, 4.69) is 32.2 Å². The fraction of sp³-hybridized carbons (Fsp3) is 0.571. The Kier molecular flexibility index (Phi) is 4.82. The van der Waals surface area contributed by atoms with Crippen molar-refractivity contribution in [3.63, 3.8) is 0 Å². The normalized spacial score (nSPS) is 11.4. The van der Waals surface area contributed by atoms with E-state index in [0.717, 1.165) is 18.0 Å². The Balaban J connectivity index is 2.95. The molecule has 1 rings (SSSR count). The maximum absolute atomic E-state index is 5.79. The fourth-order valence-electron chi connectivity index (χ4n) is 1.61. The minimum absolute atomic E-state index is 0.0452. The largest absolute Gasteiger partial charge is 0.497 e. The van der Waals surface area contributed by atoms with E-state index in [4.69, 9.17) is 9.47 Å². The van der Waals surface area contributed by atoms with Crippen molar-refractivity contribution in [2.75, 3.05) is 27.3 Å². The zero-order valence-electron chi connectivity index (χ0n) is 11.5. The average Bonchev–Trinajstić information content (AvgIpc) is 2.28. The summed E-state index contributed by atoms with van der Waals surface area (Å²) in [5.41, 5.74) is 1.22. The van der Waals surface area contributed by atoms with Gasteiger partial charge in [-0.1, -0.05) is 20.8 Å². The molecule has 0 aliphatic rings. The summed E-state index contributed by atoms with van der Waals surface area (Å²) >= 11 is 0. The molecule has 1 aromatic carbocycles. The second-order valence-electron chi connectivity index (χ2n) is 5.06. The monoisotopic (exact) mass is 237 g/mol. The SMILES string of the molecule is CNCCOc1ccc(OC)cc1C(C)(C)C. The molecule has 0 amide bonds. The molecular formula is C14H23NO2. The fourth-order valence-corrected chi connectivity index (χ4v) is 1.61. The molecule has 0 aliphatic heterocycles. The molecule has 17 heavy (non-hydrogen) atoms. The molecule has 1 aromatic rings. The number of methoxy groups -OCH3 is 1. The molecule has 0 aromatic heterocycles. The van der Waals surface area contributed by atoms with Crippen LogP contribution in [0.1, 0.15) is 26.3 Å².